The molecule has 2 N–H and O–H groups in total. The third-order valence-corrected chi connectivity index (χ3v) is 2.38. The van der Waals surface area contributed by atoms with Gasteiger partial charge in [-0.3, -0.25) is 0 Å². The zero-order chi connectivity index (χ0) is 13.8. The number of nitrogens with two attached hydrogens (primary N) is 1. The fourth-order valence-corrected chi connectivity index (χ4v) is 1.61. The quantitative estimate of drug-likeness (QED) is 0.646. The fourth-order valence-electron chi connectivity index (χ4n) is 1.61. The van der Waals surface area contributed by atoms with Crippen LogP contribution in [0.4, 0.5) is 5.69 Å². The molecule has 0 saturated carbocycles. The molecule has 96 valence electrons. The highest BCUT2D eigenvalue weighted by molar-refractivity contribution is 5.95. The standard InChI is InChI=1S/C12H11N5O2/c1-2-19-12(18)8-4-3-5-9(14)11(8)17-7-15-10(6-13)16-17/h3-5,7H,2,14H2,1H3. The van der Waals surface area contributed by atoms with Crippen molar-refractivity contribution in [3.63, 3.8) is 0 Å². The average molecular weight is 257 g/mol. The van der Waals surface area contributed by atoms with Crippen molar-refractivity contribution >= 4 is 11.7 Å². The molecule has 2 rings (SSSR count). The van der Waals surface area contributed by atoms with Gasteiger partial charge >= 0.3 is 5.97 Å². The molecule has 7 heteroatoms. The van der Waals surface area contributed by atoms with Crippen molar-refractivity contribution in [2.24, 2.45) is 0 Å². The number of ether oxygens (including phenoxy) is 1. The molecule has 0 amide bonds. The highest BCUT2D eigenvalue weighted by Crippen LogP contribution is 2.22. The van der Waals surface area contributed by atoms with Gasteiger partial charge < -0.3 is 10.5 Å². The fraction of sp³-hybridized carbons (Fsp3) is 0.167. The first-order chi connectivity index (χ1) is 9.17. The SMILES string of the molecule is CCOC(=O)c1cccc(N)c1-n1cnc(C#N)n1. The number of rotatable bonds is 3. The normalized spacial score (nSPS) is 9.89. The molecule has 0 bridgehead atoms. The molecule has 0 atom stereocenters. The Hall–Kier alpha value is -2.88. The van der Waals surface area contributed by atoms with Crippen LogP contribution in [0, 0.1) is 11.3 Å². The number of nitrogen functional groups attached to an aromatic ring is 1. The van der Waals surface area contributed by atoms with Crippen LogP contribution in [-0.2, 0) is 4.74 Å². The maximum atomic E-state index is 11.9. The lowest BCUT2D eigenvalue weighted by Crippen LogP contribution is -2.12. The van der Waals surface area contributed by atoms with Crippen LogP contribution >= 0.6 is 0 Å². The number of carbonyl (C=O) groups excluding carboxylic acids is 1. The van der Waals surface area contributed by atoms with Gasteiger partial charge in [-0.15, -0.1) is 5.10 Å². The van der Waals surface area contributed by atoms with E-state index in [2.05, 4.69) is 10.1 Å². The third kappa shape index (κ3) is 2.37. The van der Waals surface area contributed by atoms with Gasteiger partial charge in [0.15, 0.2) is 0 Å². The van der Waals surface area contributed by atoms with Crippen LogP contribution in [0.25, 0.3) is 5.69 Å². The summed E-state index contributed by atoms with van der Waals surface area (Å²) in [6.45, 7) is 1.97. The minimum atomic E-state index is -0.501. The molecule has 0 aliphatic heterocycles. The van der Waals surface area contributed by atoms with E-state index in [4.69, 9.17) is 15.7 Å². The Labute approximate surface area is 109 Å². The van der Waals surface area contributed by atoms with Crippen LogP contribution < -0.4 is 5.73 Å². The number of aromatic nitrogens is 3. The van der Waals surface area contributed by atoms with Crippen LogP contribution in [0.3, 0.4) is 0 Å². The molecule has 0 aliphatic carbocycles. The Morgan fingerprint density at radius 3 is 3.00 bits per heavy atom. The highest BCUT2D eigenvalue weighted by Gasteiger charge is 2.17. The maximum absolute atomic E-state index is 11.9. The van der Waals surface area contributed by atoms with Crippen molar-refractivity contribution < 1.29 is 9.53 Å². The predicted molar refractivity (Wildman–Crippen MR) is 66.4 cm³/mol. The summed E-state index contributed by atoms with van der Waals surface area (Å²) < 4.78 is 6.25. The van der Waals surface area contributed by atoms with Gasteiger partial charge in [-0.1, -0.05) is 6.07 Å². The summed E-state index contributed by atoms with van der Waals surface area (Å²) >= 11 is 0. The molecule has 0 radical (unpaired) electrons. The van der Waals surface area contributed by atoms with E-state index in [1.165, 1.54) is 11.0 Å². The van der Waals surface area contributed by atoms with E-state index in [0.29, 0.717) is 11.4 Å². The summed E-state index contributed by atoms with van der Waals surface area (Å²) in [5.41, 5.74) is 6.84. The first-order valence-electron chi connectivity index (χ1n) is 5.55. The zero-order valence-electron chi connectivity index (χ0n) is 10.2. The minimum Gasteiger partial charge on any atom is -0.462 e. The molecular formula is C12H11N5O2. The Kier molecular flexibility index (Phi) is 3.43. The number of anilines is 1. The molecule has 1 aromatic heterocycles. The number of nitrogens with zero attached hydrogens (tertiary/aromatic N) is 4. The van der Waals surface area contributed by atoms with Gasteiger partial charge in [0, 0.05) is 0 Å². The van der Waals surface area contributed by atoms with Crippen LogP contribution in [-0.4, -0.2) is 27.3 Å². The number of hydrogen-bond acceptors (Lipinski definition) is 6. The van der Waals surface area contributed by atoms with Gasteiger partial charge in [0.2, 0.25) is 0 Å². The van der Waals surface area contributed by atoms with E-state index < -0.39 is 5.97 Å². The van der Waals surface area contributed by atoms with E-state index >= 15 is 0 Å². The summed E-state index contributed by atoms with van der Waals surface area (Å²) in [6.07, 6.45) is 1.33. The van der Waals surface area contributed by atoms with E-state index in [0.717, 1.165) is 0 Å². The Balaban J connectivity index is 2.55. The van der Waals surface area contributed by atoms with Gasteiger partial charge in [-0.05, 0) is 19.1 Å². The lowest BCUT2D eigenvalue weighted by atomic mass is 10.1. The second-order valence-corrected chi connectivity index (χ2v) is 3.59. The summed E-state index contributed by atoms with van der Waals surface area (Å²) in [6, 6.07) is 6.67. The van der Waals surface area contributed by atoms with Gasteiger partial charge in [0.05, 0.1) is 17.9 Å². The van der Waals surface area contributed by atoms with Crippen LogP contribution in [0.1, 0.15) is 23.1 Å². The summed E-state index contributed by atoms with van der Waals surface area (Å²) in [5.74, 6) is -0.503. The van der Waals surface area contributed by atoms with Crippen molar-refractivity contribution in [1.82, 2.24) is 14.8 Å². The van der Waals surface area contributed by atoms with Crippen LogP contribution in [0.15, 0.2) is 24.5 Å². The molecule has 1 heterocycles. The predicted octanol–water partition coefficient (Wildman–Crippen LogP) is 0.898. The van der Waals surface area contributed by atoms with Crippen molar-refractivity contribution in [3.05, 3.63) is 35.9 Å². The molecule has 0 fully saturated rings. The molecule has 0 saturated heterocycles. The molecule has 7 nitrogen and oxygen atoms in total. The largest absolute Gasteiger partial charge is 0.462 e. The average Bonchev–Trinajstić information content (AvgIpc) is 2.87. The Bertz CT molecular complexity index is 656. The van der Waals surface area contributed by atoms with E-state index in [9.17, 15) is 4.79 Å². The van der Waals surface area contributed by atoms with Gasteiger partial charge in [0.25, 0.3) is 5.82 Å². The molecular weight excluding hydrogens is 246 g/mol. The molecule has 19 heavy (non-hydrogen) atoms. The number of esters is 1. The topological polar surface area (TPSA) is 107 Å². The van der Waals surface area contributed by atoms with E-state index in [-0.39, 0.29) is 18.0 Å². The summed E-state index contributed by atoms with van der Waals surface area (Å²) in [7, 11) is 0. The number of hydrogen-bond donors (Lipinski definition) is 1. The summed E-state index contributed by atoms with van der Waals surface area (Å²) in [4.78, 5) is 15.6. The Morgan fingerprint density at radius 2 is 2.37 bits per heavy atom. The maximum Gasteiger partial charge on any atom is 0.340 e. The molecule has 0 spiro atoms. The first-order valence-corrected chi connectivity index (χ1v) is 5.55. The third-order valence-electron chi connectivity index (χ3n) is 2.38. The molecule has 0 aliphatic rings. The summed E-state index contributed by atoms with van der Waals surface area (Å²) in [5, 5.41) is 12.6. The molecule has 2 aromatic rings. The first kappa shape index (κ1) is 12.6. The van der Waals surface area contributed by atoms with Crippen LogP contribution in [0.2, 0.25) is 0 Å². The second kappa shape index (κ2) is 5.18. The highest BCUT2D eigenvalue weighted by atomic mass is 16.5. The van der Waals surface area contributed by atoms with Crippen molar-refractivity contribution in [3.8, 4) is 11.8 Å². The van der Waals surface area contributed by atoms with E-state index in [1.54, 1.807) is 25.1 Å². The lowest BCUT2D eigenvalue weighted by Gasteiger charge is -2.10. The Morgan fingerprint density at radius 1 is 1.58 bits per heavy atom. The lowest BCUT2D eigenvalue weighted by molar-refractivity contribution is 0.0526. The number of benzene rings is 1. The molecule has 1 aromatic carbocycles. The van der Waals surface area contributed by atoms with Crippen LogP contribution in [0.5, 0.6) is 0 Å². The van der Waals surface area contributed by atoms with E-state index in [1.807, 2.05) is 6.07 Å². The molecule has 0 unspecified atom stereocenters. The number of para-hydroxylation sites is 1. The van der Waals surface area contributed by atoms with Gasteiger partial charge in [-0.25, -0.2) is 14.5 Å². The monoisotopic (exact) mass is 257 g/mol. The zero-order valence-corrected chi connectivity index (χ0v) is 10.2. The number of carbonyl (C=O) groups is 1. The smallest absolute Gasteiger partial charge is 0.340 e. The second-order valence-electron chi connectivity index (χ2n) is 3.59. The van der Waals surface area contributed by atoms with Gasteiger partial charge in [0.1, 0.15) is 18.1 Å². The van der Waals surface area contributed by atoms with Crippen molar-refractivity contribution in [1.29, 1.82) is 5.26 Å². The van der Waals surface area contributed by atoms with Crippen molar-refractivity contribution in [2.45, 2.75) is 6.92 Å². The van der Waals surface area contributed by atoms with Gasteiger partial charge in [-0.2, -0.15) is 5.26 Å². The van der Waals surface area contributed by atoms with Crippen molar-refractivity contribution in [2.75, 3.05) is 12.3 Å². The number of nitriles is 1. The minimum absolute atomic E-state index is 0.00179.